The van der Waals surface area contributed by atoms with Crippen molar-refractivity contribution in [3.8, 4) is 0 Å². The van der Waals surface area contributed by atoms with Gasteiger partial charge in [0.1, 0.15) is 12.7 Å². The van der Waals surface area contributed by atoms with Crippen molar-refractivity contribution in [3.05, 3.63) is 24.3 Å². The Morgan fingerprint density at radius 1 is 0.593 bits per heavy atom. The predicted octanol–water partition coefficient (Wildman–Crippen LogP) is 10.7. The minimum Gasteiger partial charge on any atom is -0.480 e. The molecule has 0 aliphatic heterocycles. The first kappa shape index (κ1) is 52.0. The lowest BCUT2D eigenvalue weighted by atomic mass is 10.0. The molecule has 316 valence electrons. The van der Waals surface area contributed by atoms with Gasteiger partial charge in [0.15, 0.2) is 6.04 Å². The second kappa shape index (κ2) is 37.9. The van der Waals surface area contributed by atoms with Gasteiger partial charge in [0, 0.05) is 12.8 Å². The number of unbranched alkanes of at least 4 members (excludes halogenated alkanes) is 22. The molecule has 0 saturated heterocycles. The summed E-state index contributed by atoms with van der Waals surface area (Å²) in [6.45, 7) is 2.56. The third-order valence-electron chi connectivity index (χ3n) is 9.24. The number of phosphoric ester groups is 1. The van der Waals surface area contributed by atoms with Gasteiger partial charge in [0.2, 0.25) is 5.91 Å². The number of ether oxygens (including phenoxy) is 1. The summed E-state index contributed by atoms with van der Waals surface area (Å²) in [7, 11) is -4.75. The third kappa shape index (κ3) is 36.9. The van der Waals surface area contributed by atoms with Gasteiger partial charge >= 0.3 is 19.8 Å². The van der Waals surface area contributed by atoms with Gasteiger partial charge in [-0.3, -0.25) is 18.6 Å². The summed E-state index contributed by atoms with van der Waals surface area (Å²) in [6, 6.07) is -1.54. The molecule has 0 aromatic heterocycles. The van der Waals surface area contributed by atoms with Gasteiger partial charge in [-0.15, -0.1) is 0 Å². The number of esters is 1. The molecule has 0 bridgehead atoms. The molecule has 0 heterocycles. The van der Waals surface area contributed by atoms with E-state index in [1.54, 1.807) is 0 Å². The maximum Gasteiger partial charge on any atom is 0.472 e. The number of aliphatic hydroxyl groups excluding tert-OH is 1. The minimum atomic E-state index is -4.75. The van der Waals surface area contributed by atoms with Crippen LogP contribution in [0, 0.1) is 0 Å². The van der Waals surface area contributed by atoms with Crippen LogP contribution in [-0.2, 0) is 32.7 Å². The van der Waals surface area contributed by atoms with Gasteiger partial charge in [-0.2, -0.15) is 0 Å². The Morgan fingerprint density at radius 3 is 1.52 bits per heavy atom. The van der Waals surface area contributed by atoms with E-state index in [4.69, 9.17) is 13.8 Å². The van der Waals surface area contributed by atoms with E-state index >= 15 is 0 Å². The number of rotatable bonds is 40. The quantitative estimate of drug-likeness (QED) is 0.0203. The Hall–Kier alpha value is -2.04. The molecule has 0 rings (SSSR count). The lowest BCUT2D eigenvalue weighted by molar-refractivity contribution is -0.147. The van der Waals surface area contributed by atoms with Crippen molar-refractivity contribution in [2.24, 2.45) is 0 Å². The maximum atomic E-state index is 12.3. The van der Waals surface area contributed by atoms with Gasteiger partial charge in [-0.1, -0.05) is 160 Å². The average Bonchev–Trinajstić information content (AvgIpc) is 3.14. The van der Waals surface area contributed by atoms with Crippen LogP contribution in [0.1, 0.15) is 194 Å². The van der Waals surface area contributed by atoms with Gasteiger partial charge in [0.05, 0.1) is 13.2 Å². The molecule has 0 aromatic carbocycles. The molecule has 0 aliphatic carbocycles. The van der Waals surface area contributed by atoms with Crippen molar-refractivity contribution in [2.45, 2.75) is 206 Å². The number of phosphoric acid groups is 1. The van der Waals surface area contributed by atoms with E-state index in [0.29, 0.717) is 12.8 Å². The van der Waals surface area contributed by atoms with Crippen LogP contribution in [0.15, 0.2) is 24.3 Å². The topological polar surface area (TPSA) is 169 Å². The summed E-state index contributed by atoms with van der Waals surface area (Å²) in [6.07, 6.45) is 37.7. The molecule has 0 aliphatic rings. The molecule has 0 spiro atoms. The lowest BCUT2D eigenvalue weighted by Gasteiger charge is -2.18. The van der Waals surface area contributed by atoms with Crippen molar-refractivity contribution in [1.82, 2.24) is 5.32 Å². The summed E-state index contributed by atoms with van der Waals surface area (Å²) < 4.78 is 26.8. The highest BCUT2D eigenvalue weighted by molar-refractivity contribution is 7.47. The van der Waals surface area contributed by atoms with Crippen molar-refractivity contribution >= 4 is 25.7 Å². The molecular formula is C42H78NO10P. The number of carbonyl (C=O) groups excluding carboxylic acids is 2. The Bertz CT molecular complexity index is 1020. The van der Waals surface area contributed by atoms with E-state index in [0.717, 1.165) is 57.8 Å². The van der Waals surface area contributed by atoms with Crippen LogP contribution in [0.25, 0.3) is 0 Å². The molecule has 11 nitrogen and oxygen atoms in total. The first-order valence-corrected chi connectivity index (χ1v) is 22.9. The monoisotopic (exact) mass is 788 g/mol. The Kier molecular flexibility index (Phi) is 36.4. The van der Waals surface area contributed by atoms with Crippen molar-refractivity contribution in [3.63, 3.8) is 0 Å². The summed E-state index contributed by atoms with van der Waals surface area (Å²) in [5, 5.41) is 21.8. The number of carbonyl (C=O) groups is 3. The number of nitrogens with one attached hydrogen (secondary N) is 1. The van der Waals surface area contributed by atoms with E-state index in [9.17, 15) is 34.1 Å². The summed E-state index contributed by atoms with van der Waals surface area (Å²) in [5.41, 5.74) is 0. The van der Waals surface area contributed by atoms with E-state index < -0.39 is 57.6 Å². The molecule has 3 unspecified atom stereocenters. The fourth-order valence-electron chi connectivity index (χ4n) is 5.87. The van der Waals surface area contributed by atoms with E-state index in [1.165, 1.54) is 96.3 Å². The summed E-state index contributed by atoms with van der Waals surface area (Å²) in [4.78, 5) is 45.8. The first-order valence-electron chi connectivity index (χ1n) is 21.4. The van der Waals surface area contributed by atoms with Gasteiger partial charge < -0.3 is 25.2 Å². The van der Waals surface area contributed by atoms with Crippen LogP contribution < -0.4 is 5.32 Å². The molecule has 12 heteroatoms. The van der Waals surface area contributed by atoms with Crippen LogP contribution in [0.3, 0.4) is 0 Å². The highest BCUT2D eigenvalue weighted by Gasteiger charge is 2.28. The van der Waals surface area contributed by atoms with Gasteiger partial charge in [0.25, 0.3) is 0 Å². The number of amides is 1. The summed E-state index contributed by atoms with van der Waals surface area (Å²) in [5.74, 6) is -2.38. The van der Waals surface area contributed by atoms with E-state index in [1.807, 2.05) is 0 Å². The molecular weight excluding hydrogens is 709 g/mol. The number of allylic oxidation sites excluding steroid dienone is 4. The second-order valence-corrected chi connectivity index (χ2v) is 16.0. The van der Waals surface area contributed by atoms with E-state index in [2.05, 4.69) is 43.5 Å². The molecule has 0 radical (unpaired) electrons. The second-order valence-electron chi connectivity index (χ2n) is 14.5. The Morgan fingerprint density at radius 2 is 1.02 bits per heavy atom. The normalized spacial score (nSPS) is 14.0. The number of carboxylic acid groups (broad SMARTS) is 1. The summed E-state index contributed by atoms with van der Waals surface area (Å²) >= 11 is 0. The SMILES string of the molecule is CCCCCC/C=C\C/C=C\CCCCCCCC(=O)OCC(O)COP(=O)(O)OCC(NC(=O)CCCCCCCCCCCCCCCC)C(=O)O. The molecule has 3 atom stereocenters. The maximum absolute atomic E-state index is 12.3. The van der Waals surface area contributed by atoms with Gasteiger partial charge in [-0.05, 0) is 44.9 Å². The van der Waals surface area contributed by atoms with Gasteiger partial charge in [-0.25, -0.2) is 9.36 Å². The fourth-order valence-corrected chi connectivity index (χ4v) is 6.65. The smallest absolute Gasteiger partial charge is 0.472 e. The van der Waals surface area contributed by atoms with Crippen molar-refractivity contribution in [2.75, 3.05) is 19.8 Å². The molecule has 4 N–H and O–H groups in total. The fraction of sp³-hybridized carbons (Fsp3) is 0.833. The number of hydrogen-bond donors (Lipinski definition) is 4. The largest absolute Gasteiger partial charge is 0.480 e. The highest BCUT2D eigenvalue weighted by Crippen LogP contribution is 2.43. The van der Waals surface area contributed by atoms with E-state index in [-0.39, 0.29) is 12.8 Å². The first-order chi connectivity index (χ1) is 26.1. The molecule has 54 heavy (non-hydrogen) atoms. The Balaban J connectivity index is 3.92. The van der Waals surface area contributed by atoms with Crippen LogP contribution in [-0.4, -0.2) is 64.9 Å². The number of aliphatic carboxylic acids is 1. The van der Waals surface area contributed by atoms with Crippen LogP contribution in [0.5, 0.6) is 0 Å². The Labute approximate surface area is 328 Å². The standard InChI is InChI=1S/C42H78NO10P/c1-3-5-7-9-11-13-15-17-19-20-22-24-26-28-30-32-34-41(46)51-35-38(44)36-52-54(49,50)53-37-39(42(47)48)43-40(45)33-31-29-27-25-23-21-18-16-14-12-10-8-6-4-2/h13,15,19-20,38-39,44H,3-12,14,16-18,21-37H2,1-2H3,(H,43,45)(H,47,48)(H,49,50)/b15-13-,20-19-. The van der Waals surface area contributed by atoms with Crippen LogP contribution >= 0.6 is 7.82 Å². The highest BCUT2D eigenvalue weighted by atomic mass is 31.2. The zero-order valence-electron chi connectivity index (χ0n) is 34.0. The molecule has 1 amide bonds. The number of aliphatic hydroxyl groups is 1. The zero-order valence-corrected chi connectivity index (χ0v) is 34.9. The lowest BCUT2D eigenvalue weighted by Crippen LogP contribution is -2.43. The van der Waals surface area contributed by atoms with Crippen molar-refractivity contribution in [1.29, 1.82) is 0 Å². The zero-order chi connectivity index (χ0) is 40.0. The molecule has 0 aromatic rings. The predicted molar refractivity (Wildman–Crippen MR) is 217 cm³/mol. The molecule has 0 saturated carbocycles. The average molecular weight is 788 g/mol. The minimum absolute atomic E-state index is 0.148. The van der Waals surface area contributed by atoms with Crippen LogP contribution in [0.4, 0.5) is 0 Å². The molecule has 0 fully saturated rings. The number of hydrogen-bond acceptors (Lipinski definition) is 8. The third-order valence-corrected chi connectivity index (χ3v) is 10.2. The number of carboxylic acids is 1. The van der Waals surface area contributed by atoms with Crippen molar-refractivity contribution < 1.29 is 47.8 Å². The van der Waals surface area contributed by atoms with Crippen LogP contribution in [0.2, 0.25) is 0 Å².